The van der Waals surface area contributed by atoms with Crippen molar-refractivity contribution in [2.75, 3.05) is 20.3 Å². The van der Waals surface area contributed by atoms with Crippen LogP contribution in [-0.4, -0.2) is 40.5 Å². The summed E-state index contributed by atoms with van der Waals surface area (Å²) in [6.07, 6.45) is 3.46. The monoisotopic (exact) mass is 398 g/mol. The molecule has 9 heteroatoms. The molecule has 29 heavy (non-hydrogen) atoms. The molecule has 152 valence electrons. The molecule has 1 aliphatic rings. The Labute approximate surface area is 166 Å². The van der Waals surface area contributed by atoms with Crippen LogP contribution in [0.25, 0.3) is 11.6 Å². The fourth-order valence-electron chi connectivity index (χ4n) is 3.04. The number of ether oxygens (including phenoxy) is 2. The summed E-state index contributed by atoms with van der Waals surface area (Å²) in [6.45, 7) is 0.364. The van der Waals surface area contributed by atoms with Gasteiger partial charge in [-0.05, 0) is 37.1 Å². The average molecular weight is 398 g/mol. The molecule has 1 aliphatic carbocycles. The molecule has 2 heterocycles. The first-order valence-electron chi connectivity index (χ1n) is 9.43. The first-order valence-corrected chi connectivity index (χ1v) is 9.43. The Morgan fingerprint density at radius 1 is 1.24 bits per heavy atom. The summed E-state index contributed by atoms with van der Waals surface area (Å²) in [4.78, 5) is 24.8. The molecule has 1 N–H and O–H groups in total. The van der Waals surface area contributed by atoms with Crippen molar-refractivity contribution in [3.63, 3.8) is 0 Å². The predicted molar refractivity (Wildman–Crippen MR) is 104 cm³/mol. The zero-order valence-corrected chi connectivity index (χ0v) is 16.0. The van der Waals surface area contributed by atoms with Gasteiger partial charge in [0.25, 0.3) is 5.91 Å². The van der Waals surface area contributed by atoms with E-state index in [9.17, 15) is 9.59 Å². The summed E-state index contributed by atoms with van der Waals surface area (Å²) in [7, 11) is 1.54. The topological polar surface area (TPSA) is 101 Å². The minimum atomic E-state index is -0.295. The maximum Gasteiger partial charge on any atom is 0.346 e. The summed E-state index contributed by atoms with van der Waals surface area (Å²) < 4.78 is 19.1. The lowest BCUT2D eigenvalue weighted by atomic mass is 10.3. The highest BCUT2D eigenvalue weighted by atomic mass is 16.5. The van der Waals surface area contributed by atoms with Crippen LogP contribution in [0, 0.1) is 0 Å². The van der Waals surface area contributed by atoms with Gasteiger partial charge in [0.2, 0.25) is 5.82 Å². The number of methoxy groups -OCH3 is 1. The van der Waals surface area contributed by atoms with Crippen LogP contribution in [-0.2, 0) is 11.3 Å². The molecule has 1 saturated carbocycles. The quantitative estimate of drug-likeness (QED) is 0.590. The van der Waals surface area contributed by atoms with Crippen LogP contribution in [0.5, 0.6) is 11.5 Å². The van der Waals surface area contributed by atoms with E-state index >= 15 is 0 Å². The number of hydrogen-bond acceptors (Lipinski definition) is 6. The van der Waals surface area contributed by atoms with E-state index in [4.69, 9.17) is 13.9 Å². The third-order valence-electron chi connectivity index (χ3n) is 4.60. The second kappa shape index (κ2) is 8.26. The van der Waals surface area contributed by atoms with E-state index in [1.54, 1.807) is 41.2 Å². The average Bonchev–Trinajstić information content (AvgIpc) is 3.31. The van der Waals surface area contributed by atoms with Gasteiger partial charge in [0.1, 0.15) is 0 Å². The van der Waals surface area contributed by atoms with Crippen LogP contribution in [0.2, 0.25) is 0 Å². The third kappa shape index (κ3) is 4.18. The van der Waals surface area contributed by atoms with Crippen molar-refractivity contribution < 1.29 is 18.7 Å². The maximum atomic E-state index is 12.7. The Bertz CT molecular complexity index is 1030. The molecule has 0 radical (unpaired) electrons. The number of nitrogens with one attached hydrogen (secondary N) is 1. The normalized spacial score (nSPS) is 13.3. The Kier molecular flexibility index (Phi) is 5.37. The molecule has 1 amide bonds. The van der Waals surface area contributed by atoms with Gasteiger partial charge in [-0.1, -0.05) is 12.1 Å². The number of rotatable bonds is 9. The second-order valence-corrected chi connectivity index (χ2v) is 6.70. The number of carbonyl (C=O) groups is 1. The standard InChI is InChI=1S/C20H22N4O5/c1-27-15-5-2-3-6-16(15)29-13-18(25)21-10-11-23-20(26)24(14-8-9-14)19(22-23)17-7-4-12-28-17/h2-7,12,14H,8-11,13H2,1H3,(H,21,25). The number of furan rings is 1. The number of aromatic nitrogens is 3. The Hall–Kier alpha value is -3.49. The maximum absolute atomic E-state index is 12.7. The minimum absolute atomic E-state index is 0.149. The molecule has 0 aliphatic heterocycles. The zero-order chi connectivity index (χ0) is 20.2. The number of nitrogens with zero attached hydrogens (tertiary/aromatic N) is 3. The number of hydrogen-bond donors (Lipinski definition) is 1. The largest absolute Gasteiger partial charge is 0.493 e. The first kappa shape index (κ1) is 18.9. The van der Waals surface area contributed by atoms with Crippen molar-refractivity contribution in [3.8, 4) is 23.1 Å². The van der Waals surface area contributed by atoms with Crippen LogP contribution in [0.4, 0.5) is 0 Å². The fourth-order valence-corrected chi connectivity index (χ4v) is 3.04. The Morgan fingerprint density at radius 2 is 2.03 bits per heavy atom. The van der Waals surface area contributed by atoms with Gasteiger partial charge in [-0.25, -0.2) is 9.48 Å². The molecule has 1 fully saturated rings. The van der Waals surface area contributed by atoms with E-state index in [2.05, 4.69) is 10.4 Å². The highest BCUT2D eigenvalue weighted by molar-refractivity contribution is 5.77. The zero-order valence-electron chi connectivity index (χ0n) is 16.0. The molecule has 4 rings (SSSR count). The van der Waals surface area contributed by atoms with Crippen molar-refractivity contribution in [2.24, 2.45) is 0 Å². The van der Waals surface area contributed by atoms with Crippen LogP contribution >= 0.6 is 0 Å². The van der Waals surface area contributed by atoms with Gasteiger partial charge in [0.15, 0.2) is 23.9 Å². The first-order chi connectivity index (χ1) is 14.2. The number of amides is 1. The molecule has 0 spiro atoms. The van der Waals surface area contributed by atoms with E-state index < -0.39 is 0 Å². The third-order valence-corrected chi connectivity index (χ3v) is 4.60. The molecular formula is C20H22N4O5. The summed E-state index contributed by atoms with van der Waals surface area (Å²) in [5.74, 6) is 1.84. The summed E-state index contributed by atoms with van der Waals surface area (Å²) >= 11 is 0. The lowest BCUT2D eigenvalue weighted by molar-refractivity contribution is -0.123. The van der Waals surface area contributed by atoms with Crippen LogP contribution in [0.15, 0.2) is 51.9 Å². The lowest BCUT2D eigenvalue weighted by Crippen LogP contribution is -2.34. The van der Waals surface area contributed by atoms with Crippen LogP contribution in [0.3, 0.4) is 0 Å². The van der Waals surface area contributed by atoms with Crippen LogP contribution < -0.4 is 20.5 Å². The smallest absolute Gasteiger partial charge is 0.346 e. The number of carbonyl (C=O) groups excluding carboxylic acids is 1. The van der Waals surface area contributed by atoms with Gasteiger partial charge in [0.05, 0.1) is 19.9 Å². The van der Waals surface area contributed by atoms with Crippen LogP contribution in [0.1, 0.15) is 18.9 Å². The second-order valence-electron chi connectivity index (χ2n) is 6.70. The summed E-state index contributed by atoms with van der Waals surface area (Å²) in [5.41, 5.74) is -0.196. The minimum Gasteiger partial charge on any atom is -0.493 e. The van der Waals surface area contributed by atoms with Crippen molar-refractivity contribution in [2.45, 2.75) is 25.4 Å². The fraction of sp³-hybridized carbons (Fsp3) is 0.350. The van der Waals surface area contributed by atoms with Gasteiger partial charge in [-0.15, -0.1) is 5.10 Å². The predicted octanol–water partition coefficient (Wildman–Crippen LogP) is 1.84. The van der Waals surface area contributed by atoms with E-state index in [-0.39, 0.29) is 37.3 Å². The molecule has 1 aromatic carbocycles. The van der Waals surface area contributed by atoms with Crippen molar-refractivity contribution in [3.05, 3.63) is 53.1 Å². The van der Waals surface area contributed by atoms with E-state index in [1.807, 2.05) is 6.07 Å². The Morgan fingerprint density at radius 3 is 2.72 bits per heavy atom. The van der Waals surface area contributed by atoms with Crippen molar-refractivity contribution in [1.29, 1.82) is 0 Å². The van der Waals surface area contributed by atoms with E-state index in [0.717, 1.165) is 12.8 Å². The summed E-state index contributed by atoms with van der Waals surface area (Å²) in [6, 6.07) is 10.8. The number of benzene rings is 1. The van der Waals surface area contributed by atoms with Gasteiger partial charge in [-0.3, -0.25) is 9.36 Å². The SMILES string of the molecule is COc1ccccc1OCC(=O)NCCn1nc(-c2ccco2)n(C2CC2)c1=O. The highest BCUT2D eigenvalue weighted by Crippen LogP contribution is 2.36. The molecule has 0 atom stereocenters. The highest BCUT2D eigenvalue weighted by Gasteiger charge is 2.31. The number of para-hydroxylation sites is 2. The van der Waals surface area contributed by atoms with Gasteiger partial charge >= 0.3 is 5.69 Å². The molecule has 3 aromatic rings. The van der Waals surface area contributed by atoms with Gasteiger partial charge in [-0.2, -0.15) is 0 Å². The molecular weight excluding hydrogens is 376 g/mol. The Balaban J connectivity index is 1.34. The molecule has 0 unspecified atom stereocenters. The molecule has 0 bridgehead atoms. The molecule has 9 nitrogen and oxygen atoms in total. The molecule has 2 aromatic heterocycles. The molecule has 0 saturated heterocycles. The van der Waals surface area contributed by atoms with Gasteiger partial charge < -0.3 is 19.2 Å². The summed E-state index contributed by atoms with van der Waals surface area (Å²) in [5, 5.41) is 7.14. The van der Waals surface area contributed by atoms with E-state index in [1.165, 1.54) is 11.8 Å². The lowest BCUT2D eigenvalue weighted by Gasteiger charge is -2.10. The van der Waals surface area contributed by atoms with Crippen molar-refractivity contribution >= 4 is 5.91 Å². The van der Waals surface area contributed by atoms with Crippen molar-refractivity contribution in [1.82, 2.24) is 19.7 Å². The van der Waals surface area contributed by atoms with E-state index in [0.29, 0.717) is 23.1 Å². The van der Waals surface area contributed by atoms with Gasteiger partial charge in [0, 0.05) is 12.6 Å².